The number of aromatic hydroxyl groups is 3. The van der Waals surface area contributed by atoms with Crippen LogP contribution in [0.5, 0.6) is 40.2 Å². The van der Waals surface area contributed by atoms with Crippen LogP contribution in [0.2, 0.25) is 0 Å². The van der Waals surface area contributed by atoms with Crippen LogP contribution in [-0.2, 0) is 109 Å². The van der Waals surface area contributed by atoms with E-state index in [1.807, 2.05) is 24.3 Å². The highest BCUT2D eigenvalue weighted by molar-refractivity contribution is 5.62. The van der Waals surface area contributed by atoms with Crippen LogP contribution < -0.4 is 18.9 Å². The van der Waals surface area contributed by atoms with Gasteiger partial charge in [-0.2, -0.15) is 0 Å². The van der Waals surface area contributed by atoms with Gasteiger partial charge in [0.2, 0.25) is 0 Å². The molecule has 14 bridgehead atoms. The average molecular weight is 1500 g/mol. The van der Waals surface area contributed by atoms with E-state index in [2.05, 4.69) is 327 Å². The number of ether oxygens (including phenoxy) is 4. The molecule has 0 saturated heterocycles. The molecule has 7 heteroatoms. The molecule has 0 saturated carbocycles. The number of rotatable bonds is 12. The molecule has 3 N–H and O–H groups in total. The predicted molar refractivity (Wildman–Crippen MR) is 464 cm³/mol. The van der Waals surface area contributed by atoms with E-state index >= 15 is 0 Å². The third kappa shape index (κ3) is 19.5. The molecule has 11 aromatic carbocycles. The Labute approximate surface area is 670 Å². The van der Waals surface area contributed by atoms with Crippen LogP contribution in [0.1, 0.15) is 284 Å². The van der Waals surface area contributed by atoms with E-state index in [1.54, 1.807) is 0 Å². The van der Waals surface area contributed by atoms with Crippen molar-refractivity contribution < 1.29 is 34.3 Å². The van der Waals surface area contributed by atoms with Gasteiger partial charge in [-0.05, 0) is 177 Å². The highest BCUT2D eigenvalue weighted by Crippen LogP contribution is 2.48. The van der Waals surface area contributed by atoms with Gasteiger partial charge in [-0.1, -0.05) is 352 Å². The molecule has 1 aliphatic carbocycles. The van der Waals surface area contributed by atoms with Gasteiger partial charge in [0.1, 0.15) is 66.7 Å². The molecule has 0 spiro atoms. The molecule has 112 heavy (non-hydrogen) atoms. The Morgan fingerprint density at radius 3 is 0.455 bits per heavy atom. The van der Waals surface area contributed by atoms with Gasteiger partial charge in [0.25, 0.3) is 0 Å². The maximum Gasteiger partial charge on any atom is 0.126 e. The first-order valence-corrected chi connectivity index (χ1v) is 40.5. The lowest BCUT2D eigenvalue weighted by Crippen LogP contribution is -2.17. The van der Waals surface area contributed by atoms with E-state index in [9.17, 15) is 15.3 Å². The fourth-order valence-electron chi connectivity index (χ4n) is 15.3. The minimum absolute atomic E-state index is 0.214. The molecule has 7 nitrogen and oxygen atoms in total. The third-order valence-corrected chi connectivity index (χ3v) is 22.4. The molecule has 0 amide bonds. The molecule has 11 aromatic rings. The van der Waals surface area contributed by atoms with Crippen molar-refractivity contribution in [2.75, 3.05) is 0 Å². The summed E-state index contributed by atoms with van der Waals surface area (Å²) >= 11 is 0. The zero-order valence-corrected chi connectivity index (χ0v) is 70.9. The minimum Gasteiger partial charge on any atom is -0.507 e. The summed E-state index contributed by atoms with van der Waals surface area (Å²) in [5.41, 5.74) is 22.0. The molecule has 0 unspecified atom stereocenters. The Morgan fingerprint density at radius 1 is 0.196 bits per heavy atom. The molecule has 0 heterocycles. The lowest BCUT2D eigenvalue weighted by Gasteiger charge is -2.28. The first-order valence-electron chi connectivity index (χ1n) is 40.5. The van der Waals surface area contributed by atoms with Gasteiger partial charge in [-0.15, -0.1) is 0 Å². The van der Waals surface area contributed by atoms with E-state index < -0.39 is 0 Å². The van der Waals surface area contributed by atoms with Crippen molar-refractivity contribution in [3.63, 3.8) is 0 Å². The van der Waals surface area contributed by atoms with E-state index in [-0.39, 0.29) is 55.2 Å². The van der Waals surface area contributed by atoms with Gasteiger partial charge >= 0.3 is 0 Å². The first kappa shape index (κ1) is 81.5. The van der Waals surface area contributed by atoms with Crippen LogP contribution in [0, 0.1) is 0 Å². The number of fused-ring (bicyclic) bond motifs is 14. The zero-order chi connectivity index (χ0) is 80.6. The smallest absolute Gasteiger partial charge is 0.126 e. The second kappa shape index (κ2) is 32.3. The summed E-state index contributed by atoms with van der Waals surface area (Å²) in [6, 6.07) is 73.3. The maximum absolute atomic E-state index is 13.6. The zero-order valence-electron chi connectivity index (χ0n) is 70.9. The van der Waals surface area contributed by atoms with Crippen molar-refractivity contribution in [3.8, 4) is 40.2 Å². The van der Waals surface area contributed by atoms with Crippen molar-refractivity contribution in [1.29, 1.82) is 0 Å². The van der Waals surface area contributed by atoms with E-state index in [0.717, 1.165) is 162 Å². The van der Waals surface area contributed by atoms with E-state index in [0.29, 0.717) is 71.4 Å². The van der Waals surface area contributed by atoms with Crippen molar-refractivity contribution in [2.24, 2.45) is 0 Å². The summed E-state index contributed by atoms with van der Waals surface area (Å²) in [4.78, 5) is 0. The lowest BCUT2D eigenvalue weighted by molar-refractivity contribution is 0.296. The van der Waals surface area contributed by atoms with E-state index in [1.165, 1.54) is 0 Å². The molecule has 0 aliphatic heterocycles. The van der Waals surface area contributed by atoms with Gasteiger partial charge in [0.15, 0.2) is 0 Å². The van der Waals surface area contributed by atoms with Crippen molar-refractivity contribution in [1.82, 2.24) is 0 Å². The van der Waals surface area contributed by atoms with Crippen molar-refractivity contribution in [2.45, 2.75) is 255 Å². The second-order valence-corrected chi connectivity index (χ2v) is 39.0. The highest BCUT2D eigenvalue weighted by Gasteiger charge is 2.32. The largest absolute Gasteiger partial charge is 0.507 e. The SMILES string of the molecule is CC(C)(C)c1cc2c(O)c(c1)Cc1cc(C(C)(C)C)cc(c1OCc1ccccc1)Cc1cc(C(C)(C)C)cc(c1O)Cc1cc(C(C)(C)C)cc(c1OCc1ccccc1)Cc1cc(C(C)(C)C)cc(c1OCc1ccccc1)Cc1cc(C(C)(C)C)cc(c1O)Cc1cc(C(C)(C)C)cc(c1OCc1ccccc1)C2. The number of phenols is 3. The van der Waals surface area contributed by atoms with Crippen molar-refractivity contribution in [3.05, 3.63) is 345 Å². The van der Waals surface area contributed by atoms with Crippen LogP contribution >= 0.6 is 0 Å². The molecule has 12 rings (SSSR count). The number of benzene rings is 11. The fraction of sp³-hybridized carbons (Fsp3) is 0.371. The average Bonchev–Trinajstić information content (AvgIpc) is 0.769. The van der Waals surface area contributed by atoms with Gasteiger partial charge in [-0.3, -0.25) is 0 Å². The molecule has 0 fully saturated rings. The molecule has 0 atom stereocenters. The summed E-state index contributed by atoms with van der Waals surface area (Å²) in [6.45, 7) is 48.7. The van der Waals surface area contributed by atoms with E-state index in [4.69, 9.17) is 18.9 Å². The summed E-state index contributed by atoms with van der Waals surface area (Å²) in [5.74, 6) is 3.63. The second-order valence-electron chi connectivity index (χ2n) is 39.0. The molecule has 584 valence electrons. The van der Waals surface area contributed by atoms with Crippen LogP contribution in [0.25, 0.3) is 0 Å². The Kier molecular flexibility index (Phi) is 23.5. The Hall–Kier alpha value is -9.98. The lowest BCUT2D eigenvalue weighted by atomic mass is 9.79. The normalized spacial score (nSPS) is 13.4. The summed E-state index contributed by atoms with van der Waals surface area (Å²) < 4.78 is 29.6. The van der Waals surface area contributed by atoms with Crippen molar-refractivity contribution >= 4 is 0 Å². The Balaban J connectivity index is 1.20. The Morgan fingerprint density at radius 2 is 0.321 bits per heavy atom. The predicted octanol–water partition coefficient (Wildman–Crippen LogP) is 25.7. The topological polar surface area (TPSA) is 97.6 Å². The standard InChI is InChI=1S/C105H122O7/c1-99(2,3)85-49-71-42-77-55-88(102(10,11)12)57-79(95(77)109-63-67-34-26-22-27-35-67)44-73-51-86(100(4,5)6)53-75(93(73)107)46-81-59-90(104(16,17)18)61-83(97(81)111-65-69-38-30-24-31-39-69)48-84-62-91(105(19,20)21)60-82(98(84)112-66-70-40-32-25-33-41-70)47-76-54-87(101(7,8)9)52-74(94(76)108)45-80-58-89(103(13,14)15)56-78(43-72(50-85)92(71)106)96(80)110-64-68-36-28-23-29-37-68/h22-41,49-62,106-108H,42-48,63-66H2,1-21H3. The number of phenolic OH excluding ortho intramolecular Hbond substituents is 3. The third-order valence-electron chi connectivity index (χ3n) is 22.4. The molecule has 0 aromatic heterocycles. The van der Waals surface area contributed by atoms with Crippen LogP contribution in [0.15, 0.2) is 206 Å². The first-order chi connectivity index (χ1) is 52.6. The quantitative estimate of drug-likeness (QED) is 0.112. The molecule has 0 radical (unpaired) electrons. The number of hydrogen-bond donors (Lipinski definition) is 3. The Bertz CT molecular complexity index is 4850. The van der Waals surface area contributed by atoms with Gasteiger partial charge in [0.05, 0.1) is 0 Å². The molecule has 1 aliphatic rings. The molecular weight excluding hydrogens is 1370 g/mol. The number of hydrogen-bond acceptors (Lipinski definition) is 7. The van der Waals surface area contributed by atoms with Crippen LogP contribution in [0.4, 0.5) is 0 Å². The monoisotopic (exact) mass is 1490 g/mol. The van der Waals surface area contributed by atoms with Crippen LogP contribution in [-0.4, -0.2) is 15.3 Å². The summed E-state index contributed by atoms with van der Waals surface area (Å²) in [6.07, 6.45) is 2.55. The summed E-state index contributed by atoms with van der Waals surface area (Å²) in [7, 11) is 0. The van der Waals surface area contributed by atoms with Crippen LogP contribution in [0.3, 0.4) is 0 Å². The fourth-order valence-corrected chi connectivity index (χ4v) is 15.3. The van der Waals surface area contributed by atoms with Gasteiger partial charge < -0.3 is 34.3 Å². The maximum atomic E-state index is 13.6. The van der Waals surface area contributed by atoms with Gasteiger partial charge in [0, 0.05) is 44.9 Å². The highest BCUT2D eigenvalue weighted by atomic mass is 16.5. The molecular formula is C105H122O7. The van der Waals surface area contributed by atoms with Gasteiger partial charge in [-0.25, -0.2) is 0 Å². The summed E-state index contributed by atoms with van der Waals surface area (Å²) in [5, 5.41) is 40.8. The minimum atomic E-state index is -0.332.